The Kier molecular flexibility index (Phi) is 8.38. The van der Waals surface area contributed by atoms with Crippen molar-refractivity contribution in [3.05, 3.63) is 30.1 Å². The van der Waals surface area contributed by atoms with Gasteiger partial charge in [0.2, 0.25) is 0 Å². The second kappa shape index (κ2) is 10.6. The Morgan fingerprint density at radius 1 is 1.23 bits per heavy atom. The molecule has 2 rings (SSSR count). The summed E-state index contributed by atoms with van der Waals surface area (Å²) < 4.78 is 10.5. The molecule has 1 aliphatic heterocycles. The first-order chi connectivity index (χ1) is 14.5. The predicted molar refractivity (Wildman–Crippen MR) is 113 cm³/mol. The van der Waals surface area contributed by atoms with Gasteiger partial charge in [-0.3, -0.25) is 9.78 Å². The third-order valence-electron chi connectivity index (χ3n) is 4.77. The summed E-state index contributed by atoms with van der Waals surface area (Å²) in [6, 6.07) is 2.62. The van der Waals surface area contributed by atoms with E-state index in [1.807, 2.05) is 13.8 Å². The Bertz CT molecular complexity index is 762. The normalized spacial score (nSPS) is 19.8. The van der Waals surface area contributed by atoms with E-state index < -0.39 is 35.9 Å². The summed E-state index contributed by atoms with van der Waals surface area (Å²) in [6.07, 6.45) is 1.27. The standard InChI is InChI=1S/C22H33N3O6/c1-14(2)10-17(24-20(28)30-13-15-6-8-23-9-7-15)19(27)16-11-25(12-18(16)26)21(29)31-22(3,4)5/h6-9,14,16-18,26H,10-13H2,1-5H3,(H,24,28)/t16?,17-,18?/m0/s1. The topological polar surface area (TPSA) is 118 Å². The molecule has 0 saturated carbocycles. The summed E-state index contributed by atoms with van der Waals surface area (Å²) in [5, 5.41) is 13.1. The highest BCUT2D eigenvalue weighted by molar-refractivity contribution is 5.90. The van der Waals surface area contributed by atoms with E-state index >= 15 is 0 Å². The molecule has 1 saturated heterocycles. The van der Waals surface area contributed by atoms with Gasteiger partial charge in [0.1, 0.15) is 12.2 Å². The van der Waals surface area contributed by atoms with Crippen LogP contribution in [0.2, 0.25) is 0 Å². The van der Waals surface area contributed by atoms with Crippen molar-refractivity contribution in [3.8, 4) is 0 Å². The highest BCUT2D eigenvalue weighted by atomic mass is 16.6. The molecule has 1 aliphatic rings. The summed E-state index contributed by atoms with van der Waals surface area (Å²) >= 11 is 0. The van der Waals surface area contributed by atoms with Gasteiger partial charge in [0.25, 0.3) is 0 Å². The number of ether oxygens (including phenoxy) is 2. The Balaban J connectivity index is 1.99. The van der Waals surface area contributed by atoms with Crippen molar-refractivity contribution in [1.82, 2.24) is 15.2 Å². The highest BCUT2D eigenvalue weighted by Crippen LogP contribution is 2.23. The molecule has 9 nitrogen and oxygen atoms in total. The van der Waals surface area contributed by atoms with Gasteiger partial charge in [0.05, 0.1) is 24.6 Å². The molecular weight excluding hydrogens is 402 g/mol. The number of carbonyl (C=O) groups is 3. The van der Waals surface area contributed by atoms with Crippen LogP contribution in [0, 0.1) is 11.8 Å². The van der Waals surface area contributed by atoms with Crippen LogP contribution in [-0.4, -0.2) is 63.8 Å². The van der Waals surface area contributed by atoms with Gasteiger partial charge in [-0.15, -0.1) is 0 Å². The fourth-order valence-corrected chi connectivity index (χ4v) is 3.33. The molecule has 2 amide bonds. The van der Waals surface area contributed by atoms with Gasteiger partial charge in [0, 0.05) is 18.9 Å². The lowest BCUT2D eigenvalue weighted by Gasteiger charge is -2.25. The van der Waals surface area contributed by atoms with Gasteiger partial charge in [-0.2, -0.15) is 0 Å². The predicted octanol–water partition coefficient (Wildman–Crippen LogP) is 2.52. The zero-order chi connectivity index (χ0) is 23.2. The Morgan fingerprint density at radius 3 is 2.45 bits per heavy atom. The van der Waals surface area contributed by atoms with E-state index in [2.05, 4.69) is 10.3 Å². The molecule has 2 heterocycles. The molecule has 0 spiro atoms. The van der Waals surface area contributed by atoms with Crippen molar-refractivity contribution in [2.45, 2.75) is 65.4 Å². The minimum absolute atomic E-state index is 0.00616. The lowest BCUT2D eigenvalue weighted by molar-refractivity contribution is -0.127. The minimum atomic E-state index is -1.02. The maximum atomic E-state index is 13.1. The zero-order valence-electron chi connectivity index (χ0n) is 18.8. The quantitative estimate of drug-likeness (QED) is 0.675. The van der Waals surface area contributed by atoms with Crippen LogP contribution in [0.3, 0.4) is 0 Å². The van der Waals surface area contributed by atoms with Gasteiger partial charge in [-0.25, -0.2) is 9.59 Å². The molecule has 0 aliphatic carbocycles. The van der Waals surface area contributed by atoms with E-state index in [9.17, 15) is 19.5 Å². The summed E-state index contributed by atoms with van der Waals surface area (Å²) in [7, 11) is 0. The third-order valence-corrected chi connectivity index (χ3v) is 4.77. The summed E-state index contributed by atoms with van der Waals surface area (Å²) in [5.41, 5.74) is 0.0980. The molecule has 0 bridgehead atoms. The SMILES string of the molecule is CC(C)C[C@H](NC(=O)OCc1ccncc1)C(=O)C1CN(C(=O)OC(C)(C)C)CC1O. The number of rotatable bonds is 7. The number of β-amino-alcohol motifs (C(OH)–C–C–N with tert-alkyl or cyclic N) is 1. The van der Waals surface area contributed by atoms with Crippen LogP contribution in [0.15, 0.2) is 24.5 Å². The zero-order valence-corrected chi connectivity index (χ0v) is 18.8. The number of Topliss-reactive ketones (excluding diaryl/α,β-unsaturated/α-hetero) is 1. The molecule has 172 valence electrons. The number of aromatic nitrogens is 1. The van der Waals surface area contributed by atoms with Gasteiger partial charge < -0.3 is 24.8 Å². The van der Waals surface area contributed by atoms with Crippen LogP contribution >= 0.6 is 0 Å². The van der Waals surface area contributed by atoms with Crippen LogP contribution in [0.5, 0.6) is 0 Å². The molecule has 2 N–H and O–H groups in total. The van der Waals surface area contributed by atoms with Gasteiger partial charge >= 0.3 is 12.2 Å². The van der Waals surface area contributed by atoms with Crippen LogP contribution in [0.25, 0.3) is 0 Å². The lowest BCUT2D eigenvalue weighted by Crippen LogP contribution is -2.47. The van der Waals surface area contributed by atoms with Crippen molar-refractivity contribution < 1.29 is 29.0 Å². The largest absolute Gasteiger partial charge is 0.445 e. The van der Waals surface area contributed by atoms with Gasteiger partial charge in [-0.05, 0) is 50.8 Å². The molecule has 3 atom stereocenters. The molecule has 1 aromatic heterocycles. The van der Waals surface area contributed by atoms with Crippen molar-refractivity contribution in [1.29, 1.82) is 0 Å². The van der Waals surface area contributed by atoms with E-state index in [-0.39, 0.29) is 31.4 Å². The van der Waals surface area contributed by atoms with Crippen LogP contribution < -0.4 is 5.32 Å². The molecule has 9 heteroatoms. The van der Waals surface area contributed by atoms with E-state index in [1.165, 1.54) is 4.90 Å². The Hall–Kier alpha value is -2.68. The molecule has 0 aromatic carbocycles. The lowest BCUT2D eigenvalue weighted by atomic mass is 9.90. The number of alkyl carbamates (subject to hydrolysis) is 1. The second-order valence-corrected chi connectivity index (χ2v) is 9.22. The average Bonchev–Trinajstić information content (AvgIpc) is 3.06. The van der Waals surface area contributed by atoms with Crippen LogP contribution in [0.4, 0.5) is 9.59 Å². The molecule has 0 radical (unpaired) electrons. The minimum Gasteiger partial charge on any atom is -0.445 e. The highest BCUT2D eigenvalue weighted by Gasteiger charge is 2.42. The van der Waals surface area contributed by atoms with E-state index in [4.69, 9.17) is 9.47 Å². The second-order valence-electron chi connectivity index (χ2n) is 9.22. The van der Waals surface area contributed by atoms with Crippen LogP contribution in [-0.2, 0) is 20.9 Å². The molecular formula is C22H33N3O6. The molecule has 2 unspecified atom stereocenters. The van der Waals surface area contributed by atoms with Crippen LogP contribution in [0.1, 0.15) is 46.6 Å². The average molecular weight is 436 g/mol. The first-order valence-electron chi connectivity index (χ1n) is 10.5. The molecule has 1 aromatic rings. The van der Waals surface area contributed by atoms with Gasteiger partial charge in [-0.1, -0.05) is 13.8 Å². The Labute approximate surface area is 183 Å². The number of aliphatic hydroxyl groups excluding tert-OH is 1. The summed E-state index contributed by atoms with van der Waals surface area (Å²) in [4.78, 5) is 43.0. The number of ketones is 1. The number of nitrogens with one attached hydrogen (secondary N) is 1. The maximum absolute atomic E-state index is 13.1. The van der Waals surface area contributed by atoms with E-state index in [0.717, 1.165) is 5.56 Å². The summed E-state index contributed by atoms with van der Waals surface area (Å²) in [6.45, 7) is 9.21. The number of carbonyl (C=O) groups excluding carboxylic acids is 3. The molecule has 31 heavy (non-hydrogen) atoms. The monoisotopic (exact) mass is 435 g/mol. The smallest absolute Gasteiger partial charge is 0.410 e. The van der Waals surface area contributed by atoms with Crippen molar-refractivity contribution in [3.63, 3.8) is 0 Å². The van der Waals surface area contributed by atoms with Crippen molar-refractivity contribution >= 4 is 18.0 Å². The number of hydrogen-bond acceptors (Lipinski definition) is 7. The number of aliphatic hydroxyl groups is 1. The first kappa shape index (κ1) is 24.6. The number of nitrogens with zero attached hydrogens (tertiary/aromatic N) is 2. The first-order valence-corrected chi connectivity index (χ1v) is 10.5. The maximum Gasteiger partial charge on any atom is 0.410 e. The Morgan fingerprint density at radius 2 is 1.87 bits per heavy atom. The number of pyridine rings is 1. The summed E-state index contributed by atoms with van der Waals surface area (Å²) in [5.74, 6) is -1.01. The number of amides is 2. The number of hydrogen-bond donors (Lipinski definition) is 2. The number of likely N-dealkylation sites (tertiary alicyclic amines) is 1. The van der Waals surface area contributed by atoms with Crippen molar-refractivity contribution in [2.75, 3.05) is 13.1 Å². The third kappa shape index (κ3) is 7.82. The van der Waals surface area contributed by atoms with E-state index in [1.54, 1.807) is 45.3 Å². The fourth-order valence-electron chi connectivity index (χ4n) is 3.33. The van der Waals surface area contributed by atoms with Crippen molar-refractivity contribution in [2.24, 2.45) is 11.8 Å². The molecule has 1 fully saturated rings. The van der Waals surface area contributed by atoms with E-state index in [0.29, 0.717) is 6.42 Å². The van der Waals surface area contributed by atoms with Gasteiger partial charge in [0.15, 0.2) is 5.78 Å². The fraction of sp³-hybridized carbons (Fsp3) is 0.636.